The van der Waals surface area contributed by atoms with Crippen LogP contribution in [0.4, 0.5) is 5.82 Å². The number of nitrogens with zero attached hydrogens (tertiary/aromatic N) is 6. The topological polar surface area (TPSA) is 90.0 Å². The van der Waals surface area contributed by atoms with Crippen LogP contribution in [0.3, 0.4) is 0 Å². The monoisotopic (exact) mass is 283 g/mol. The number of anilines is 1. The van der Waals surface area contributed by atoms with Crippen LogP contribution in [0, 0.1) is 0 Å². The van der Waals surface area contributed by atoms with Crippen LogP contribution in [0.5, 0.6) is 0 Å². The number of aromatic nitrogens is 6. The van der Waals surface area contributed by atoms with Gasteiger partial charge in [-0.05, 0) is 35.4 Å². The molecule has 0 saturated heterocycles. The first kappa shape index (κ1) is 12.0. The van der Waals surface area contributed by atoms with E-state index >= 15 is 0 Å². The highest BCUT2D eigenvalue weighted by Gasteiger charge is 2.16. The molecule has 21 heavy (non-hydrogen) atoms. The fourth-order valence-corrected chi connectivity index (χ4v) is 2.59. The Labute approximate surface area is 119 Å². The van der Waals surface area contributed by atoms with E-state index in [1.54, 1.807) is 24.5 Å². The van der Waals surface area contributed by atoms with Gasteiger partial charge < -0.3 is 9.88 Å². The molecule has 3 aromatic heterocycles. The lowest BCUT2D eigenvalue weighted by molar-refractivity contribution is 0.102. The summed E-state index contributed by atoms with van der Waals surface area (Å²) in [6.07, 6.45) is 6.61. The number of nitrogens with one attached hydrogen (secondary N) is 1. The molecule has 4 heterocycles. The second kappa shape index (κ2) is 4.65. The lowest BCUT2D eigenvalue weighted by Crippen LogP contribution is -2.18. The van der Waals surface area contributed by atoms with Crippen LogP contribution in [0.25, 0.3) is 5.65 Å². The van der Waals surface area contributed by atoms with Gasteiger partial charge in [-0.25, -0.2) is 9.50 Å². The summed E-state index contributed by atoms with van der Waals surface area (Å²) in [7, 11) is 0. The van der Waals surface area contributed by atoms with Crippen molar-refractivity contribution in [2.24, 2.45) is 0 Å². The second-order valence-corrected chi connectivity index (χ2v) is 5.02. The highest BCUT2D eigenvalue weighted by Crippen LogP contribution is 2.20. The number of pyridine rings is 1. The maximum Gasteiger partial charge on any atom is 0.257 e. The molecule has 4 rings (SSSR count). The molecule has 0 spiro atoms. The lowest BCUT2D eigenvalue weighted by Gasteiger charge is -2.16. The third-order valence-corrected chi connectivity index (χ3v) is 3.67. The van der Waals surface area contributed by atoms with E-state index in [0.717, 1.165) is 37.4 Å². The van der Waals surface area contributed by atoms with Gasteiger partial charge in [0.1, 0.15) is 11.6 Å². The maximum absolute atomic E-state index is 12.3. The molecule has 0 radical (unpaired) electrons. The summed E-state index contributed by atoms with van der Waals surface area (Å²) in [4.78, 5) is 16.7. The van der Waals surface area contributed by atoms with Crippen molar-refractivity contribution in [3.8, 4) is 0 Å². The maximum atomic E-state index is 12.3. The number of amides is 1. The average molecular weight is 283 g/mol. The number of imidazole rings is 1. The summed E-state index contributed by atoms with van der Waals surface area (Å²) in [6.45, 7) is 0.901. The molecule has 0 fully saturated rings. The first-order valence-electron chi connectivity index (χ1n) is 6.85. The highest BCUT2D eigenvalue weighted by atomic mass is 16.1. The van der Waals surface area contributed by atoms with Gasteiger partial charge in [-0.3, -0.25) is 4.79 Å². The van der Waals surface area contributed by atoms with Crippen LogP contribution in [-0.4, -0.2) is 35.5 Å². The van der Waals surface area contributed by atoms with Crippen LogP contribution in [-0.2, 0) is 13.0 Å². The summed E-state index contributed by atoms with van der Waals surface area (Å²) in [5, 5.41) is 14.1. The van der Waals surface area contributed by atoms with Crippen molar-refractivity contribution in [2.45, 2.75) is 25.8 Å². The van der Waals surface area contributed by atoms with Gasteiger partial charge in [-0.2, -0.15) is 0 Å². The fraction of sp³-hybridized carbons (Fsp3) is 0.308. The van der Waals surface area contributed by atoms with Crippen molar-refractivity contribution in [3.05, 3.63) is 35.9 Å². The van der Waals surface area contributed by atoms with Gasteiger partial charge in [-0.1, -0.05) is 0 Å². The molecule has 3 aromatic rings. The predicted octanol–water partition coefficient (Wildman–Crippen LogP) is 0.909. The van der Waals surface area contributed by atoms with Crippen molar-refractivity contribution in [1.29, 1.82) is 0 Å². The molecule has 1 amide bonds. The number of hydrogen-bond donors (Lipinski definition) is 1. The van der Waals surface area contributed by atoms with Gasteiger partial charge in [0, 0.05) is 24.7 Å². The molecule has 0 atom stereocenters. The average Bonchev–Trinajstić information content (AvgIpc) is 3.13. The van der Waals surface area contributed by atoms with Crippen molar-refractivity contribution in [2.75, 3.05) is 5.32 Å². The van der Waals surface area contributed by atoms with E-state index in [-0.39, 0.29) is 5.91 Å². The van der Waals surface area contributed by atoms with E-state index in [2.05, 4.69) is 30.4 Å². The van der Waals surface area contributed by atoms with Crippen molar-refractivity contribution < 1.29 is 4.79 Å². The summed E-state index contributed by atoms with van der Waals surface area (Å²) in [5.74, 6) is 1.59. The Bertz CT molecular complexity index is 819. The Morgan fingerprint density at radius 3 is 3.24 bits per heavy atom. The minimum absolute atomic E-state index is 0.186. The number of hydrogen-bond acceptors (Lipinski definition) is 5. The molecular weight excluding hydrogens is 270 g/mol. The van der Waals surface area contributed by atoms with Crippen molar-refractivity contribution in [3.63, 3.8) is 0 Å². The SMILES string of the molecule is O=C(Nc1cnc2n1CCCC2)c1ccn2nnnc2c1. The Balaban J connectivity index is 1.61. The van der Waals surface area contributed by atoms with Gasteiger partial charge >= 0.3 is 0 Å². The van der Waals surface area contributed by atoms with Crippen LogP contribution in [0.1, 0.15) is 29.0 Å². The van der Waals surface area contributed by atoms with Crippen LogP contribution < -0.4 is 5.32 Å². The molecule has 0 bridgehead atoms. The zero-order chi connectivity index (χ0) is 14.2. The third kappa shape index (κ3) is 2.04. The zero-order valence-corrected chi connectivity index (χ0v) is 11.2. The normalized spacial score (nSPS) is 14.1. The summed E-state index contributed by atoms with van der Waals surface area (Å²) in [5.41, 5.74) is 1.06. The van der Waals surface area contributed by atoms with Crippen LogP contribution >= 0.6 is 0 Å². The number of carbonyl (C=O) groups excluding carboxylic acids is 1. The van der Waals surface area contributed by atoms with Gasteiger partial charge in [-0.15, -0.1) is 5.10 Å². The minimum Gasteiger partial charge on any atom is -0.315 e. The highest BCUT2D eigenvalue weighted by molar-refractivity contribution is 6.04. The molecule has 1 aliphatic heterocycles. The summed E-state index contributed by atoms with van der Waals surface area (Å²) in [6, 6.07) is 3.34. The van der Waals surface area contributed by atoms with E-state index < -0.39 is 0 Å². The van der Waals surface area contributed by atoms with E-state index in [1.165, 1.54) is 4.52 Å². The molecule has 1 N–H and O–H groups in total. The predicted molar refractivity (Wildman–Crippen MR) is 73.9 cm³/mol. The zero-order valence-electron chi connectivity index (χ0n) is 11.2. The molecule has 0 unspecified atom stereocenters. The number of fused-ring (bicyclic) bond motifs is 2. The standard InChI is InChI=1S/C13H13N7O/c21-13(9-4-6-20-11(7-9)16-17-18-20)15-12-8-14-10-3-1-2-5-19(10)12/h4,6-8H,1-3,5H2,(H,15,21). The Kier molecular flexibility index (Phi) is 2.66. The van der Waals surface area contributed by atoms with Gasteiger partial charge in [0.2, 0.25) is 0 Å². The first-order valence-corrected chi connectivity index (χ1v) is 6.85. The summed E-state index contributed by atoms with van der Waals surface area (Å²) < 4.78 is 3.58. The van der Waals surface area contributed by atoms with Gasteiger partial charge in [0.25, 0.3) is 5.91 Å². The second-order valence-electron chi connectivity index (χ2n) is 5.02. The number of rotatable bonds is 2. The third-order valence-electron chi connectivity index (χ3n) is 3.67. The Morgan fingerprint density at radius 1 is 1.33 bits per heavy atom. The minimum atomic E-state index is -0.186. The molecule has 0 aliphatic carbocycles. The molecule has 8 heteroatoms. The fourth-order valence-electron chi connectivity index (χ4n) is 2.59. The van der Waals surface area contributed by atoms with E-state index in [1.807, 2.05) is 0 Å². The van der Waals surface area contributed by atoms with E-state index in [0.29, 0.717) is 11.2 Å². The molecule has 0 saturated carbocycles. The largest absolute Gasteiger partial charge is 0.315 e. The Hall–Kier alpha value is -2.77. The van der Waals surface area contributed by atoms with Crippen molar-refractivity contribution >= 4 is 17.4 Å². The smallest absolute Gasteiger partial charge is 0.257 e. The molecular formula is C13H13N7O. The molecule has 106 valence electrons. The van der Waals surface area contributed by atoms with Gasteiger partial charge in [0.15, 0.2) is 5.65 Å². The van der Waals surface area contributed by atoms with E-state index in [9.17, 15) is 4.79 Å². The number of aryl methyl sites for hydroxylation is 1. The molecule has 1 aliphatic rings. The van der Waals surface area contributed by atoms with Gasteiger partial charge in [0.05, 0.1) is 6.20 Å². The molecule has 8 nitrogen and oxygen atoms in total. The first-order chi connectivity index (χ1) is 10.3. The Morgan fingerprint density at radius 2 is 2.29 bits per heavy atom. The lowest BCUT2D eigenvalue weighted by atomic mass is 10.2. The van der Waals surface area contributed by atoms with E-state index in [4.69, 9.17) is 0 Å². The number of carbonyl (C=O) groups is 1. The summed E-state index contributed by atoms with van der Waals surface area (Å²) >= 11 is 0. The van der Waals surface area contributed by atoms with Crippen molar-refractivity contribution in [1.82, 2.24) is 29.6 Å². The number of tetrazole rings is 1. The quantitative estimate of drug-likeness (QED) is 0.755. The van der Waals surface area contributed by atoms with Crippen LogP contribution in [0.2, 0.25) is 0 Å². The van der Waals surface area contributed by atoms with Crippen LogP contribution in [0.15, 0.2) is 24.5 Å². The molecule has 0 aromatic carbocycles.